The topological polar surface area (TPSA) is 150 Å². The van der Waals surface area contributed by atoms with Crippen molar-refractivity contribution in [2.75, 3.05) is 82.8 Å². The number of nitrogens with zero attached hydrogens (tertiary/aromatic N) is 7. The van der Waals surface area contributed by atoms with Crippen molar-refractivity contribution >= 4 is 23.4 Å². The molecule has 0 spiro atoms. The maximum atomic E-state index is 13.7. The number of amides is 1. The number of fused-ring (bicyclic) bond motifs is 3. The van der Waals surface area contributed by atoms with Crippen molar-refractivity contribution in [3.8, 4) is 22.9 Å². The van der Waals surface area contributed by atoms with Gasteiger partial charge in [-0.1, -0.05) is 32.9 Å². The van der Waals surface area contributed by atoms with Crippen LogP contribution in [0, 0.1) is 17.8 Å². The Kier molecular flexibility index (Phi) is 10.8. The van der Waals surface area contributed by atoms with Gasteiger partial charge < -0.3 is 34.2 Å². The molecule has 3 aromatic rings. The molecule has 0 aliphatic carbocycles. The number of hydrogen-bond acceptors (Lipinski definition) is 13. The van der Waals surface area contributed by atoms with E-state index in [1.807, 2.05) is 39.0 Å². The van der Waals surface area contributed by atoms with Crippen LogP contribution in [0.5, 0.6) is 11.6 Å². The summed E-state index contributed by atoms with van der Waals surface area (Å²) < 4.78 is 16.6. The first-order valence-corrected chi connectivity index (χ1v) is 18.8. The molecular weight excluding hydrogens is 664 g/mol. The number of methoxy groups -OCH3 is 1. The Balaban J connectivity index is 0.855. The zero-order valence-electron chi connectivity index (χ0n) is 30.7. The summed E-state index contributed by atoms with van der Waals surface area (Å²) in [5.41, 5.74) is 2.43. The number of esters is 1. The fourth-order valence-corrected chi connectivity index (χ4v) is 8.43. The first kappa shape index (κ1) is 36.0. The third-order valence-electron chi connectivity index (χ3n) is 11.2. The predicted molar refractivity (Wildman–Crippen MR) is 195 cm³/mol. The van der Waals surface area contributed by atoms with Crippen molar-refractivity contribution in [3.05, 3.63) is 42.2 Å². The van der Waals surface area contributed by atoms with Crippen LogP contribution in [0.2, 0.25) is 0 Å². The minimum absolute atomic E-state index is 0.0528. The van der Waals surface area contributed by atoms with Crippen LogP contribution in [0.15, 0.2) is 40.9 Å². The number of carbonyl (C=O) groups excluding carboxylic acids is 2. The lowest BCUT2D eigenvalue weighted by atomic mass is 9.91. The Bertz CT molecular complexity index is 1710. The summed E-state index contributed by atoms with van der Waals surface area (Å²) in [6, 6.07) is 10.8. The number of nitrogens with one attached hydrogen (secondary N) is 1. The van der Waals surface area contributed by atoms with Crippen LogP contribution in [-0.4, -0.2) is 132 Å². The highest BCUT2D eigenvalue weighted by atomic mass is 16.5. The molecule has 4 aliphatic rings. The van der Waals surface area contributed by atoms with E-state index >= 15 is 0 Å². The number of anilines is 2. The molecule has 52 heavy (non-hydrogen) atoms. The van der Waals surface area contributed by atoms with Gasteiger partial charge in [0.05, 0.1) is 24.5 Å². The number of phenols is 1. The highest BCUT2D eigenvalue weighted by molar-refractivity contribution is 5.89. The van der Waals surface area contributed by atoms with Crippen LogP contribution >= 0.6 is 0 Å². The van der Waals surface area contributed by atoms with E-state index in [0.29, 0.717) is 54.4 Å². The number of benzene rings is 1. The maximum absolute atomic E-state index is 13.7. The van der Waals surface area contributed by atoms with Crippen LogP contribution in [0.3, 0.4) is 0 Å². The summed E-state index contributed by atoms with van der Waals surface area (Å²) in [4.78, 5) is 35.3. The fourth-order valence-electron chi connectivity index (χ4n) is 8.43. The van der Waals surface area contributed by atoms with E-state index in [9.17, 15) is 14.7 Å². The second-order valence-corrected chi connectivity index (χ2v) is 15.3. The zero-order chi connectivity index (χ0) is 36.4. The molecule has 2 aromatic heterocycles. The molecule has 6 heterocycles. The van der Waals surface area contributed by atoms with Crippen LogP contribution in [0.4, 0.5) is 11.5 Å². The maximum Gasteiger partial charge on any atom is 0.328 e. The fraction of sp³-hybridized carbons (Fsp3) is 0.605. The van der Waals surface area contributed by atoms with Gasteiger partial charge in [0.25, 0.3) is 5.88 Å². The number of rotatable bonds is 11. The molecule has 14 nitrogen and oxygen atoms in total. The molecule has 0 radical (unpaired) electrons. The van der Waals surface area contributed by atoms with Crippen LogP contribution in [-0.2, 0) is 14.3 Å². The van der Waals surface area contributed by atoms with Gasteiger partial charge >= 0.3 is 5.97 Å². The first-order valence-electron chi connectivity index (χ1n) is 18.8. The molecule has 4 atom stereocenters. The molecule has 14 heteroatoms. The zero-order valence-corrected chi connectivity index (χ0v) is 30.7. The van der Waals surface area contributed by atoms with E-state index in [1.165, 1.54) is 7.11 Å². The smallest absolute Gasteiger partial charge is 0.328 e. The Labute approximate surface area is 305 Å². The lowest BCUT2D eigenvalue weighted by Gasteiger charge is -2.47. The highest BCUT2D eigenvalue weighted by Crippen LogP contribution is 2.37. The monoisotopic (exact) mass is 716 g/mol. The summed E-state index contributed by atoms with van der Waals surface area (Å²) in [7, 11) is 1.36. The highest BCUT2D eigenvalue weighted by Gasteiger charge is 2.43. The average molecular weight is 717 g/mol. The molecule has 1 aromatic carbocycles. The van der Waals surface area contributed by atoms with Crippen LogP contribution < -0.4 is 15.0 Å². The lowest BCUT2D eigenvalue weighted by molar-refractivity contribution is -0.152. The number of piperidine rings is 1. The Morgan fingerprint density at radius 1 is 1.06 bits per heavy atom. The molecule has 0 unspecified atom stereocenters. The van der Waals surface area contributed by atoms with Gasteiger partial charge in [-0.2, -0.15) is 0 Å². The Hall–Kier alpha value is -4.43. The van der Waals surface area contributed by atoms with E-state index in [-0.39, 0.29) is 29.5 Å². The van der Waals surface area contributed by atoms with Gasteiger partial charge in [-0.25, -0.2) is 4.79 Å². The van der Waals surface area contributed by atoms with Crippen molar-refractivity contribution in [1.82, 2.24) is 30.1 Å². The van der Waals surface area contributed by atoms with Gasteiger partial charge in [0.2, 0.25) is 5.91 Å². The molecule has 1 amide bonds. The molecule has 3 saturated heterocycles. The second kappa shape index (κ2) is 15.7. The molecule has 0 saturated carbocycles. The largest absolute Gasteiger partial charge is 0.507 e. The van der Waals surface area contributed by atoms with Gasteiger partial charge in [0.15, 0.2) is 11.6 Å². The summed E-state index contributed by atoms with van der Waals surface area (Å²) in [6.45, 7) is 14.7. The number of carbonyl (C=O) groups is 2. The molecule has 4 aliphatic heterocycles. The van der Waals surface area contributed by atoms with Crippen LogP contribution in [0.25, 0.3) is 11.3 Å². The number of hydrogen-bond donors (Lipinski definition) is 2. The van der Waals surface area contributed by atoms with E-state index < -0.39 is 12.0 Å². The summed E-state index contributed by atoms with van der Waals surface area (Å²) >= 11 is 0. The van der Waals surface area contributed by atoms with Crippen molar-refractivity contribution < 1.29 is 28.7 Å². The van der Waals surface area contributed by atoms with Gasteiger partial charge in [0.1, 0.15) is 24.3 Å². The normalized spacial score (nSPS) is 23.2. The third-order valence-corrected chi connectivity index (χ3v) is 11.2. The number of ether oxygens (including phenoxy) is 2. The van der Waals surface area contributed by atoms with Crippen molar-refractivity contribution in [1.29, 1.82) is 0 Å². The Morgan fingerprint density at radius 3 is 2.63 bits per heavy atom. The van der Waals surface area contributed by atoms with Gasteiger partial charge in [-0.15, -0.1) is 10.2 Å². The van der Waals surface area contributed by atoms with Crippen molar-refractivity contribution in [2.45, 2.75) is 58.0 Å². The van der Waals surface area contributed by atoms with Crippen molar-refractivity contribution in [3.63, 3.8) is 0 Å². The van der Waals surface area contributed by atoms with E-state index in [1.54, 1.807) is 17.0 Å². The minimum Gasteiger partial charge on any atom is -0.507 e. The average Bonchev–Trinajstić information content (AvgIpc) is 3.78. The number of phenolic OH excluding ortho intramolecular Hbond substituents is 1. The van der Waals surface area contributed by atoms with E-state index in [2.05, 4.69) is 41.4 Å². The number of aromatic nitrogens is 3. The summed E-state index contributed by atoms with van der Waals surface area (Å²) in [5.74, 6) is 1.59. The number of piperazine rings is 1. The number of para-hydroxylation sites is 1. The minimum atomic E-state index is -0.573. The molecule has 280 valence electrons. The third kappa shape index (κ3) is 7.68. The molecule has 0 bridgehead atoms. The SMILES string of the molecule is COC(=O)[C@@H]1C[C@@H](C)CN1C(=O)[C@@H](c1cc(OCCN2CCC(CN3CCN4c5cc(-c6ccccc6O)nnc5NC[C@H]4C3)CC2)no1)C(C)C. The molecule has 3 fully saturated rings. The standard InChI is InChI=1S/C38H52N8O6/c1-24(2)35(37(48)46-21-25(3)17-31(46)38(49)50-4)33-19-34(42-52-33)51-16-15-43-11-9-26(10-12-43)22-44-13-14-45-27(23-44)20-39-36-30(45)18-29(40-41-36)28-7-5-6-8-32(28)47/h5-8,18-19,24-27,31,35,47H,9-17,20-23H2,1-4H3,(H,39,41)/t25-,27+,31+,35-/m1/s1. The van der Waals surface area contributed by atoms with E-state index in [0.717, 1.165) is 76.7 Å². The summed E-state index contributed by atoms with van der Waals surface area (Å²) in [5, 5.41) is 26.8. The lowest BCUT2D eigenvalue weighted by Crippen LogP contribution is -2.58. The second-order valence-electron chi connectivity index (χ2n) is 15.3. The van der Waals surface area contributed by atoms with Gasteiger partial charge in [-0.3, -0.25) is 14.6 Å². The van der Waals surface area contributed by atoms with Gasteiger partial charge in [-0.05, 0) is 73.5 Å². The predicted octanol–water partition coefficient (Wildman–Crippen LogP) is 3.69. The van der Waals surface area contributed by atoms with Gasteiger partial charge in [0, 0.05) is 57.4 Å². The Morgan fingerprint density at radius 2 is 1.87 bits per heavy atom. The number of likely N-dealkylation sites (tertiary alicyclic amines) is 2. The van der Waals surface area contributed by atoms with E-state index in [4.69, 9.17) is 14.0 Å². The molecule has 7 rings (SSSR count). The summed E-state index contributed by atoms with van der Waals surface area (Å²) in [6.07, 6.45) is 2.90. The number of aromatic hydroxyl groups is 1. The first-order chi connectivity index (χ1) is 25.2. The van der Waals surface area contributed by atoms with Crippen LogP contribution in [0.1, 0.15) is 51.7 Å². The van der Waals surface area contributed by atoms with Crippen molar-refractivity contribution in [2.24, 2.45) is 17.8 Å². The quantitative estimate of drug-likeness (QED) is 0.278. The molecular formula is C38H52N8O6. The molecule has 2 N–H and O–H groups in total.